The number of fused-ring (bicyclic) bond motifs is 1. The summed E-state index contributed by atoms with van der Waals surface area (Å²) in [6.07, 6.45) is 0. The van der Waals surface area contributed by atoms with Crippen LogP contribution in [0, 0.1) is 13.8 Å². The lowest BCUT2D eigenvalue weighted by Gasteiger charge is -2.21. The molecule has 3 rings (SSSR count). The number of benzene rings is 1. The Morgan fingerprint density at radius 3 is 2.69 bits per heavy atom. The number of rotatable bonds is 5. The number of hydrogen-bond donors (Lipinski definition) is 1. The molecule has 7 heteroatoms. The van der Waals surface area contributed by atoms with Crippen molar-refractivity contribution in [2.45, 2.75) is 31.8 Å². The maximum atomic E-state index is 12.6. The Bertz CT molecular complexity index is 995. The zero-order valence-electron chi connectivity index (χ0n) is 15.2. The molecular weight excluding hydrogens is 366 g/mol. The van der Waals surface area contributed by atoms with Crippen molar-refractivity contribution in [3.63, 3.8) is 0 Å². The van der Waals surface area contributed by atoms with Gasteiger partial charge in [0.15, 0.2) is 0 Å². The second-order valence-electron chi connectivity index (χ2n) is 6.16. The summed E-state index contributed by atoms with van der Waals surface area (Å²) in [5.41, 5.74) is 1.75. The van der Waals surface area contributed by atoms with Crippen LogP contribution in [0.25, 0.3) is 10.2 Å². The van der Waals surface area contributed by atoms with Crippen molar-refractivity contribution in [2.24, 2.45) is 0 Å². The van der Waals surface area contributed by atoms with Gasteiger partial charge in [-0.05, 0) is 38.5 Å². The first kappa shape index (κ1) is 18.7. The molecule has 0 aliphatic carbocycles. The highest BCUT2D eigenvalue weighted by Gasteiger charge is 2.20. The van der Waals surface area contributed by atoms with Gasteiger partial charge in [0, 0.05) is 17.6 Å². The van der Waals surface area contributed by atoms with Crippen molar-refractivity contribution in [1.82, 2.24) is 9.97 Å². The van der Waals surface area contributed by atoms with Gasteiger partial charge in [0.25, 0.3) is 5.56 Å². The van der Waals surface area contributed by atoms with Crippen LogP contribution in [0.5, 0.6) is 0 Å². The fourth-order valence-corrected chi connectivity index (χ4v) is 4.59. The van der Waals surface area contributed by atoms with Gasteiger partial charge in [-0.3, -0.25) is 9.59 Å². The molecule has 26 heavy (non-hydrogen) atoms. The largest absolute Gasteiger partial charge is 0.315 e. The third kappa shape index (κ3) is 3.68. The van der Waals surface area contributed by atoms with Gasteiger partial charge in [-0.25, -0.2) is 4.98 Å². The Balaban J connectivity index is 1.71. The number of thioether (sulfide) groups is 1. The lowest BCUT2D eigenvalue weighted by Crippen LogP contribution is -2.33. The maximum Gasteiger partial charge on any atom is 0.259 e. The molecule has 0 saturated carbocycles. The van der Waals surface area contributed by atoms with Gasteiger partial charge in [-0.1, -0.05) is 18.2 Å². The number of amides is 1. The summed E-state index contributed by atoms with van der Waals surface area (Å²) < 4.78 is 0. The first-order valence-electron chi connectivity index (χ1n) is 8.31. The van der Waals surface area contributed by atoms with Crippen LogP contribution in [-0.4, -0.2) is 28.2 Å². The van der Waals surface area contributed by atoms with Gasteiger partial charge in [-0.15, -0.1) is 23.1 Å². The summed E-state index contributed by atoms with van der Waals surface area (Å²) in [6, 6.07) is 9.55. The summed E-state index contributed by atoms with van der Waals surface area (Å²) in [5.74, 6) is 1.11. The minimum absolute atomic E-state index is 0.0208. The van der Waals surface area contributed by atoms with Crippen LogP contribution in [0.4, 0.5) is 5.69 Å². The van der Waals surface area contributed by atoms with Crippen molar-refractivity contribution in [3.05, 3.63) is 57.0 Å². The standard InChI is InChI=1S/C19H21N3O2S2/c1-11-12(2)26-18-16(11)17(23)20-15(21-18)10-25-13(3)19(24)22(4)14-8-6-5-7-9-14/h5-9,13H,10H2,1-4H3,(H,20,21,23). The Labute approximate surface area is 160 Å². The molecule has 1 unspecified atom stereocenters. The average Bonchev–Trinajstić information content (AvgIpc) is 2.93. The maximum absolute atomic E-state index is 12.6. The van der Waals surface area contributed by atoms with E-state index < -0.39 is 0 Å². The van der Waals surface area contributed by atoms with E-state index in [0.717, 1.165) is 21.0 Å². The molecule has 1 aromatic carbocycles. The third-order valence-electron chi connectivity index (χ3n) is 4.38. The van der Waals surface area contributed by atoms with Crippen LogP contribution in [-0.2, 0) is 10.5 Å². The van der Waals surface area contributed by atoms with Gasteiger partial charge in [0.2, 0.25) is 5.91 Å². The highest BCUT2D eigenvalue weighted by molar-refractivity contribution is 7.99. The normalized spacial score (nSPS) is 12.3. The minimum Gasteiger partial charge on any atom is -0.315 e. The molecule has 1 N–H and O–H groups in total. The number of anilines is 1. The molecule has 0 bridgehead atoms. The zero-order chi connectivity index (χ0) is 18.8. The summed E-state index contributed by atoms with van der Waals surface area (Å²) in [6.45, 7) is 5.82. The van der Waals surface area contributed by atoms with Crippen LogP contribution >= 0.6 is 23.1 Å². The molecular formula is C19H21N3O2S2. The summed E-state index contributed by atoms with van der Waals surface area (Å²) >= 11 is 3.00. The summed E-state index contributed by atoms with van der Waals surface area (Å²) in [4.78, 5) is 35.9. The Morgan fingerprint density at radius 2 is 2.00 bits per heavy atom. The SMILES string of the molecule is Cc1sc2nc(CSC(C)C(=O)N(C)c3ccccc3)[nH]c(=O)c2c1C. The highest BCUT2D eigenvalue weighted by Crippen LogP contribution is 2.27. The summed E-state index contributed by atoms with van der Waals surface area (Å²) in [5, 5.41) is 0.433. The van der Waals surface area contributed by atoms with Gasteiger partial charge in [0.05, 0.1) is 16.4 Å². The number of H-pyrrole nitrogens is 1. The molecule has 0 aliphatic heterocycles. The fourth-order valence-electron chi connectivity index (χ4n) is 2.69. The monoisotopic (exact) mass is 387 g/mol. The number of thiophene rings is 1. The fraction of sp³-hybridized carbons (Fsp3) is 0.316. The molecule has 1 amide bonds. The van der Waals surface area contributed by atoms with Gasteiger partial charge in [-0.2, -0.15) is 0 Å². The second-order valence-corrected chi connectivity index (χ2v) is 8.69. The number of carbonyl (C=O) groups excluding carboxylic acids is 1. The van der Waals surface area contributed by atoms with E-state index in [0.29, 0.717) is 17.0 Å². The number of nitrogens with one attached hydrogen (secondary N) is 1. The lowest BCUT2D eigenvalue weighted by atomic mass is 10.2. The number of para-hydroxylation sites is 1. The van der Waals surface area contributed by atoms with E-state index in [1.54, 1.807) is 11.9 Å². The van der Waals surface area contributed by atoms with E-state index in [-0.39, 0.29) is 16.7 Å². The Morgan fingerprint density at radius 1 is 1.31 bits per heavy atom. The molecule has 5 nitrogen and oxygen atoms in total. The van der Waals surface area contributed by atoms with E-state index in [2.05, 4.69) is 9.97 Å². The quantitative estimate of drug-likeness (QED) is 0.721. The van der Waals surface area contributed by atoms with E-state index in [9.17, 15) is 9.59 Å². The topological polar surface area (TPSA) is 66.1 Å². The third-order valence-corrected chi connectivity index (χ3v) is 6.62. The van der Waals surface area contributed by atoms with Gasteiger partial charge < -0.3 is 9.88 Å². The highest BCUT2D eigenvalue weighted by atomic mass is 32.2. The smallest absolute Gasteiger partial charge is 0.259 e. The number of aromatic amines is 1. The second kappa shape index (κ2) is 7.63. The lowest BCUT2D eigenvalue weighted by molar-refractivity contribution is -0.117. The molecule has 0 fully saturated rings. The molecule has 0 spiro atoms. The molecule has 0 saturated heterocycles. The number of hydrogen-bond acceptors (Lipinski definition) is 5. The van der Waals surface area contributed by atoms with Crippen molar-refractivity contribution in [2.75, 3.05) is 11.9 Å². The first-order valence-corrected chi connectivity index (χ1v) is 10.2. The minimum atomic E-state index is -0.243. The molecule has 1 atom stereocenters. The molecule has 2 heterocycles. The Hall–Kier alpha value is -2.12. The van der Waals surface area contributed by atoms with E-state index >= 15 is 0 Å². The van der Waals surface area contributed by atoms with E-state index in [4.69, 9.17) is 0 Å². The van der Waals surface area contributed by atoms with Crippen LogP contribution in [0.1, 0.15) is 23.2 Å². The van der Waals surface area contributed by atoms with Crippen LogP contribution in [0.2, 0.25) is 0 Å². The molecule has 2 aromatic heterocycles. The van der Waals surface area contributed by atoms with Crippen molar-refractivity contribution in [3.8, 4) is 0 Å². The van der Waals surface area contributed by atoms with Crippen LogP contribution in [0.3, 0.4) is 0 Å². The zero-order valence-corrected chi connectivity index (χ0v) is 16.8. The number of nitrogens with zero attached hydrogens (tertiary/aromatic N) is 2. The van der Waals surface area contributed by atoms with Crippen LogP contribution in [0.15, 0.2) is 35.1 Å². The number of carbonyl (C=O) groups is 1. The van der Waals surface area contributed by atoms with E-state index in [1.807, 2.05) is 51.1 Å². The van der Waals surface area contributed by atoms with Crippen molar-refractivity contribution < 1.29 is 4.79 Å². The van der Waals surface area contributed by atoms with Gasteiger partial charge in [0.1, 0.15) is 10.7 Å². The van der Waals surface area contributed by atoms with Crippen molar-refractivity contribution >= 4 is 44.9 Å². The average molecular weight is 388 g/mol. The molecule has 0 radical (unpaired) electrons. The van der Waals surface area contributed by atoms with Crippen molar-refractivity contribution in [1.29, 1.82) is 0 Å². The van der Waals surface area contributed by atoms with E-state index in [1.165, 1.54) is 23.1 Å². The number of aryl methyl sites for hydroxylation is 2. The first-order chi connectivity index (χ1) is 12.4. The molecule has 136 valence electrons. The summed E-state index contributed by atoms with van der Waals surface area (Å²) in [7, 11) is 1.78. The molecule has 3 aromatic rings. The Kier molecular flexibility index (Phi) is 5.48. The molecule has 0 aliphatic rings. The predicted octanol–water partition coefficient (Wildman–Crippen LogP) is 3.89. The van der Waals surface area contributed by atoms with Crippen LogP contribution < -0.4 is 10.5 Å². The van der Waals surface area contributed by atoms with Gasteiger partial charge >= 0.3 is 0 Å². The predicted molar refractivity (Wildman–Crippen MR) is 110 cm³/mol. The number of aromatic nitrogens is 2.